The van der Waals surface area contributed by atoms with Crippen molar-refractivity contribution in [3.63, 3.8) is 0 Å². The average molecular weight is 243 g/mol. The van der Waals surface area contributed by atoms with Gasteiger partial charge in [-0.3, -0.25) is 14.5 Å². The highest BCUT2D eigenvalue weighted by Gasteiger charge is 2.21. The predicted octanol–water partition coefficient (Wildman–Crippen LogP) is 0.619. The molecule has 0 aliphatic carbocycles. The molecule has 5 heteroatoms. The zero-order valence-corrected chi connectivity index (χ0v) is 10.6. The molecule has 1 fully saturated rings. The number of Topliss-reactive ketones (excluding diaryl/α,β-unsaturated/α-hetero) is 1. The minimum atomic E-state index is -0.433. The molecule has 0 amide bonds. The van der Waals surface area contributed by atoms with Gasteiger partial charge in [-0.1, -0.05) is 0 Å². The summed E-state index contributed by atoms with van der Waals surface area (Å²) in [6.07, 6.45) is 1.77. The molecule has 0 aromatic heterocycles. The molecule has 0 bridgehead atoms. The van der Waals surface area contributed by atoms with Crippen LogP contribution in [0.3, 0.4) is 0 Å². The third-order valence-corrected chi connectivity index (χ3v) is 2.89. The second-order valence-corrected chi connectivity index (χ2v) is 4.28. The summed E-state index contributed by atoms with van der Waals surface area (Å²) in [7, 11) is 1.92. The number of rotatable bonds is 6. The largest absolute Gasteiger partial charge is 0.466 e. The van der Waals surface area contributed by atoms with E-state index in [9.17, 15) is 9.59 Å². The second-order valence-electron chi connectivity index (χ2n) is 4.28. The molecule has 1 aliphatic heterocycles. The Balaban J connectivity index is 2.26. The van der Waals surface area contributed by atoms with E-state index >= 15 is 0 Å². The number of ketones is 1. The SMILES string of the molecule is CCOC(=O)CC(=O)CN(C)C1CCOCC1. The molecule has 5 nitrogen and oxygen atoms in total. The van der Waals surface area contributed by atoms with E-state index in [0.717, 1.165) is 26.1 Å². The van der Waals surface area contributed by atoms with Crippen LogP contribution < -0.4 is 0 Å². The molecular formula is C12H21NO4. The van der Waals surface area contributed by atoms with Crippen molar-refractivity contribution in [3.8, 4) is 0 Å². The van der Waals surface area contributed by atoms with E-state index in [1.54, 1.807) is 6.92 Å². The van der Waals surface area contributed by atoms with Gasteiger partial charge >= 0.3 is 5.97 Å². The van der Waals surface area contributed by atoms with Gasteiger partial charge in [-0.25, -0.2) is 0 Å². The monoisotopic (exact) mass is 243 g/mol. The van der Waals surface area contributed by atoms with E-state index in [-0.39, 0.29) is 12.2 Å². The first-order chi connectivity index (χ1) is 8.13. The third kappa shape index (κ3) is 5.28. The maximum Gasteiger partial charge on any atom is 0.313 e. The van der Waals surface area contributed by atoms with E-state index in [4.69, 9.17) is 9.47 Å². The van der Waals surface area contributed by atoms with Gasteiger partial charge in [0.1, 0.15) is 6.42 Å². The van der Waals surface area contributed by atoms with Crippen LogP contribution in [-0.2, 0) is 19.1 Å². The summed E-state index contributed by atoms with van der Waals surface area (Å²) < 4.78 is 10.0. The first kappa shape index (κ1) is 14.1. The summed E-state index contributed by atoms with van der Waals surface area (Å²) in [4.78, 5) is 24.7. The molecule has 0 aromatic rings. The normalized spacial score (nSPS) is 17.1. The smallest absolute Gasteiger partial charge is 0.313 e. The predicted molar refractivity (Wildman–Crippen MR) is 62.7 cm³/mol. The highest BCUT2D eigenvalue weighted by Crippen LogP contribution is 2.12. The van der Waals surface area contributed by atoms with Crippen LogP contribution in [0.2, 0.25) is 0 Å². The van der Waals surface area contributed by atoms with Gasteiger partial charge in [0.15, 0.2) is 5.78 Å². The molecule has 1 aliphatic rings. The minimum absolute atomic E-state index is 0.0857. The molecule has 0 radical (unpaired) electrons. The number of carbonyl (C=O) groups is 2. The molecule has 0 spiro atoms. The Kier molecular flexibility index (Phi) is 6.15. The van der Waals surface area contributed by atoms with Crippen LogP contribution in [0.5, 0.6) is 0 Å². The molecule has 0 unspecified atom stereocenters. The molecule has 1 heterocycles. The molecule has 0 atom stereocenters. The quantitative estimate of drug-likeness (QED) is 0.505. The number of nitrogens with zero attached hydrogens (tertiary/aromatic N) is 1. The van der Waals surface area contributed by atoms with Crippen molar-refractivity contribution in [2.75, 3.05) is 33.4 Å². The lowest BCUT2D eigenvalue weighted by Crippen LogP contribution is -2.40. The van der Waals surface area contributed by atoms with Crippen molar-refractivity contribution < 1.29 is 19.1 Å². The van der Waals surface area contributed by atoms with Gasteiger partial charge in [-0.15, -0.1) is 0 Å². The third-order valence-electron chi connectivity index (χ3n) is 2.89. The van der Waals surface area contributed by atoms with Crippen LogP contribution in [0.25, 0.3) is 0 Å². The van der Waals surface area contributed by atoms with Crippen molar-refractivity contribution in [2.45, 2.75) is 32.2 Å². The van der Waals surface area contributed by atoms with Gasteiger partial charge in [-0.2, -0.15) is 0 Å². The maximum atomic E-state index is 11.6. The maximum absolute atomic E-state index is 11.6. The van der Waals surface area contributed by atoms with Crippen molar-refractivity contribution in [1.82, 2.24) is 4.90 Å². The number of hydrogen-bond acceptors (Lipinski definition) is 5. The fourth-order valence-electron chi connectivity index (χ4n) is 1.96. The van der Waals surface area contributed by atoms with Crippen LogP contribution in [0.4, 0.5) is 0 Å². The molecule has 98 valence electrons. The Morgan fingerprint density at radius 1 is 1.35 bits per heavy atom. The van der Waals surface area contributed by atoms with Crippen molar-refractivity contribution >= 4 is 11.8 Å². The number of ether oxygens (including phenoxy) is 2. The number of esters is 1. The topological polar surface area (TPSA) is 55.8 Å². The molecule has 0 aromatic carbocycles. The summed E-state index contributed by atoms with van der Waals surface area (Å²) >= 11 is 0. The Hall–Kier alpha value is -0.940. The Labute approximate surface area is 102 Å². The fraction of sp³-hybridized carbons (Fsp3) is 0.833. The molecule has 1 saturated heterocycles. The molecule has 1 rings (SSSR count). The van der Waals surface area contributed by atoms with E-state index in [1.165, 1.54) is 0 Å². The minimum Gasteiger partial charge on any atom is -0.466 e. The summed E-state index contributed by atoms with van der Waals surface area (Å²) in [5.41, 5.74) is 0. The molecular weight excluding hydrogens is 222 g/mol. The first-order valence-corrected chi connectivity index (χ1v) is 6.08. The lowest BCUT2D eigenvalue weighted by molar-refractivity contribution is -0.145. The van der Waals surface area contributed by atoms with Gasteiger partial charge in [-0.05, 0) is 26.8 Å². The first-order valence-electron chi connectivity index (χ1n) is 6.08. The highest BCUT2D eigenvalue weighted by molar-refractivity contribution is 5.96. The Morgan fingerprint density at radius 2 is 2.00 bits per heavy atom. The van der Waals surface area contributed by atoms with Gasteiger partial charge < -0.3 is 9.47 Å². The van der Waals surface area contributed by atoms with E-state index in [0.29, 0.717) is 19.2 Å². The lowest BCUT2D eigenvalue weighted by atomic mass is 10.1. The number of likely N-dealkylation sites (N-methyl/N-ethyl adjacent to an activating group) is 1. The molecule has 0 saturated carbocycles. The van der Waals surface area contributed by atoms with Crippen LogP contribution in [0.1, 0.15) is 26.2 Å². The van der Waals surface area contributed by atoms with Crippen LogP contribution >= 0.6 is 0 Å². The standard InChI is InChI=1S/C12H21NO4/c1-3-17-12(15)8-11(14)9-13(2)10-4-6-16-7-5-10/h10H,3-9H2,1-2H3. The second kappa shape index (κ2) is 7.40. The summed E-state index contributed by atoms with van der Waals surface area (Å²) in [6, 6.07) is 0.384. The highest BCUT2D eigenvalue weighted by atomic mass is 16.5. The van der Waals surface area contributed by atoms with E-state index in [2.05, 4.69) is 0 Å². The summed E-state index contributed by atoms with van der Waals surface area (Å²) in [6.45, 7) is 3.87. The summed E-state index contributed by atoms with van der Waals surface area (Å²) in [5.74, 6) is -0.518. The zero-order valence-electron chi connectivity index (χ0n) is 10.6. The van der Waals surface area contributed by atoms with Gasteiger partial charge in [0.05, 0.1) is 13.2 Å². The lowest BCUT2D eigenvalue weighted by Gasteiger charge is -2.30. The van der Waals surface area contributed by atoms with E-state index < -0.39 is 5.97 Å². The van der Waals surface area contributed by atoms with Crippen molar-refractivity contribution in [3.05, 3.63) is 0 Å². The van der Waals surface area contributed by atoms with Crippen molar-refractivity contribution in [2.24, 2.45) is 0 Å². The van der Waals surface area contributed by atoms with Crippen LogP contribution in [0, 0.1) is 0 Å². The number of carbonyl (C=O) groups excluding carboxylic acids is 2. The summed E-state index contributed by atoms with van der Waals surface area (Å²) in [5, 5.41) is 0. The van der Waals surface area contributed by atoms with Crippen LogP contribution in [0.15, 0.2) is 0 Å². The zero-order chi connectivity index (χ0) is 12.7. The van der Waals surface area contributed by atoms with Crippen LogP contribution in [-0.4, -0.2) is 56.1 Å². The Bertz CT molecular complexity index is 261. The Morgan fingerprint density at radius 3 is 2.59 bits per heavy atom. The molecule has 17 heavy (non-hydrogen) atoms. The number of hydrogen-bond donors (Lipinski definition) is 0. The molecule has 0 N–H and O–H groups in total. The fourth-order valence-corrected chi connectivity index (χ4v) is 1.96. The van der Waals surface area contributed by atoms with Gasteiger partial charge in [0, 0.05) is 19.3 Å². The van der Waals surface area contributed by atoms with Gasteiger partial charge in [0.2, 0.25) is 0 Å². The van der Waals surface area contributed by atoms with Crippen molar-refractivity contribution in [1.29, 1.82) is 0 Å². The van der Waals surface area contributed by atoms with Gasteiger partial charge in [0.25, 0.3) is 0 Å². The van der Waals surface area contributed by atoms with E-state index in [1.807, 2.05) is 11.9 Å². The average Bonchev–Trinajstić information content (AvgIpc) is 2.30.